The van der Waals surface area contributed by atoms with Gasteiger partial charge in [-0.05, 0) is 36.4 Å². The van der Waals surface area contributed by atoms with Gasteiger partial charge in [0.25, 0.3) is 11.8 Å². The Morgan fingerprint density at radius 2 is 1.82 bits per heavy atom. The van der Waals surface area contributed by atoms with Crippen LogP contribution >= 0.6 is 15.9 Å². The minimum absolute atomic E-state index is 0.00513. The average Bonchev–Trinajstić information content (AvgIpc) is 2.80. The first kappa shape index (κ1) is 14.3. The number of para-hydroxylation sites is 1. The van der Waals surface area contributed by atoms with Crippen LogP contribution in [0.15, 0.2) is 58.6 Å². The Kier molecular flexibility index (Phi) is 3.68. The summed E-state index contributed by atoms with van der Waals surface area (Å²) in [5, 5.41) is 11.0. The summed E-state index contributed by atoms with van der Waals surface area (Å²) in [5.74, 6) is -0.974. The number of carbonyl (C=O) groups is 2. The minimum atomic E-state index is -0.506. The maximum absolute atomic E-state index is 12.4. The van der Waals surface area contributed by atoms with E-state index < -0.39 is 11.8 Å². The molecule has 5 nitrogen and oxygen atoms in total. The standard InChI is InChI=1S/C16H11BrN2O3/c17-11-6-7-14(20)10(8-11)9-13-15(21)18-19(16(13)22)12-4-2-1-3-5-12/h1-9,20H,(H,18,21). The van der Waals surface area contributed by atoms with E-state index in [9.17, 15) is 14.7 Å². The van der Waals surface area contributed by atoms with E-state index >= 15 is 0 Å². The number of nitrogens with zero attached hydrogens (tertiary/aromatic N) is 1. The minimum Gasteiger partial charge on any atom is -0.507 e. The molecule has 1 heterocycles. The van der Waals surface area contributed by atoms with Gasteiger partial charge in [-0.2, -0.15) is 0 Å². The number of nitrogens with one attached hydrogen (secondary N) is 1. The van der Waals surface area contributed by atoms with Gasteiger partial charge in [-0.1, -0.05) is 34.1 Å². The molecule has 3 rings (SSSR count). The Bertz CT molecular complexity index is 787. The van der Waals surface area contributed by atoms with Gasteiger partial charge in [0.05, 0.1) is 5.69 Å². The number of phenolic OH excluding ortho intramolecular Hbond substituents is 1. The molecule has 2 amide bonds. The van der Waals surface area contributed by atoms with Gasteiger partial charge in [0, 0.05) is 10.0 Å². The Hall–Kier alpha value is -2.60. The van der Waals surface area contributed by atoms with Crippen molar-refractivity contribution in [3.8, 4) is 5.75 Å². The van der Waals surface area contributed by atoms with Crippen LogP contribution in [0.2, 0.25) is 0 Å². The van der Waals surface area contributed by atoms with Crippen molar-refractivity contribution in [2.45, 2.75) is 0 Å². The Balaban J connectivity index is 1.98. The number of hydrazine groups is 1. The zero-order chi connectivity index (χ0) is 15.7. The summed E-state index contributed by atoms with van der Waals surface area (Å²) in [4.78, 5) is 24.4. The lowest BCUT2D eigenvalue weighted by Crippen LogP contribution is -2.35. The molecule has 1 fully saturated rings. The monoisotopic (exact) mass is 358 g/mol. The van der Waals surface area contributed by atoms with E-state index in [-0.39, 0.29) is 11.3 Å². The number of hydrogen-bond acceptors (Lipinski definition) is 3. The third-order valence-corrected chi connectivity index (χ3v) is 3.69. The number of aromatic hydroxyl groups is 1. The van der Waals surface area contributed by atoms with Crippen molar-refractivity contribution < 1.29 is 14.7 Å². The number of phenols is 1. The summed E-state index contributed by atoms with van der Waals surface area (Å²) in [7, 11) is 0. The number of rotatable bonds is 2. The summed E-state index contributed by atoms with van der Waals surface area (Å²) in [5.41, 5.74) is 3.44. The van der Waals surface area contributed by atoms with Gasteiger partial charge < -0.3 is 5.11 Å². The van der Waals surface area contributed by atoms with Crippen LogP contribution in [0.25, 0.3) is 6.08 Å². The van der Waals surface area contributed by atoms with E-state index in [1.54, 1.807) is 36.4 Å². The summed E-state index contributed by atoms with van der Waals surface area (Å²) in [6.45, 7) is 0. The van der Waals surface area contributed by atoms with Gasteiger partial charge in [-0.15, -0.1) is 0 Å². The smallest absolute Gasteiger partial charge is 0.282 e. The first-order valence-electron chi connectivity index (χ1n) is 6.47. The molecular weight excluding hydrogens is 348 g/mol. The molecule has 6 heteroatoms. The van der Waals surface area contributed by atoms with E-state index in [1.807, 2.05) is 6.07 Å². The fraction of sp³-hybridized carbons (Fsp3) is 0. The molecule has 2 aromatic carbocycles. The fourth-order valence-corrected chi connectivity index (χ4v) is 2.49. The van der Waals surface area contributed by atoms with Crippen LogP contribution in [0.1, 0.15) is 5.56 Å². The van der Waals surface area contributed by atoms with Crippen LogP contribution in [0.3, 0.4) is 0 Å². The highest BCUT2D eigenvalue weighted by Gasteiger charge is 2.34. The van der Waals surface area contributed by atoms with Crippen LogP contribution in [-0.2, 0) is 9.59 Å². The van der Waals surface area contributed by atoms with Crippen molar-refractivity contribution in [2.24, 2.45) is 0 Å². The van der Waals surface area contributed by atoms with E-state index in [0.29, 0.717) is 11.3 Å². The third-order valence-electron chi connectivity index (χ3n) is 3.20. The van der Waals surface area contributed by atoms with Gasteiger partial charge >= 0.3 is 0 Å². The van der Waals surface area contributed by atoms with Gasteiger partial charge in [0.15, 0.2) is 0 Å². The predicted molar refractivity (Wildman–Crippen MR) is 85.9 cm³/mol. The first-order chi connectivity index (χ1) is 10.6. The molecule has 0 saturated carbocycles. The Morgan fingerprint density at radius 1 is 1.09 bits per heavy atom. The van der Waals surface area contributed by atoms with E-state index in [4.69, 9.17) is 0 Å². The summed E-state index contributed by atoms with van der Waals surface area (Å²) in [6.07, 6.45) is 1.38. The van der Waals surface area contributed by atoms with E-state index in [0.717, 1.165) is 4.47 Å². The normalized spacial score (nSPS) is 16.2. The largest absolute Gasteiger partial charge is 0.507 e. The summed E-state index contributed by atoms with van der Waals surface area (Å²) >= 11 is 3.29. The van der Waals surface area contributed by atoms with Crippen molar-refractivity contribution in [1.29, 1.82) is 0 Å². The maximum atomic E-state index is 12.4. The topological polar surface area (TPSA) is 69.6 Å². The SMILES string of the molecule is O=C1NN(c2ccccc2)C(=O)C1=Cc1cc(Br)ccc1O. The van der Waals surface area contributed by atoms with Gasteiger partial charge in [0.2, 0.25) is 0 Å². The molecule has 0 atom stereocenters. The van der Waals surface area contributed by atoms with Crippen molar-refractivity contribution in [2.75, 3.05) is 5.01 Å². The second-order valence-electron chi connectivity index (χ2n) is 4.68. The van der Waals surface area contributed by atoms with E-state index in [2.05, 4.69) is 21.4 Å². The van der Waals surface area contributed by atoms with Crippen molar-refractivity contribution in [3.63, 3.8) is 0 Å². The number of hydrogen-bond donors (Lipinski definition) is 2. The fourth-order valence-electron chi connectivity index (χ4n) is 2.11. The van der Waals surface area contributed by atoms with Crippen LogP contribution in [0.4, 0.5) is 5.69 Å². The Labute approximate surface area is 135 Å². The van der Waals surface area contributed by atoms with Crippen LogP contribution < -0.4 is 10.4 Å². The molecule has 1 aliphatic heterocycles. The number of benzene rings is 2. The quantitative estimate of drug-likeness (QED) is 0.640. The van der Waals surface area contributed by atoms with Crippen molar-refractivity contribution >= 4 is 39.5 Å². The molecule has 22 heavy (non-hydrogen) atoms. The van der Waals surface area contributed by atoms with Crippen LogP contribution in [0.5, 0.6) is 5.75 Å². The molecular formula is C16H11BrN2O3. The molecule has 0 radical (unpaired) electrons. The highest BCUT2D eigenvalue weighted by molar-refractivity contribution is 9.10. The molecule has 0 aliphatic carbocycles. The van der Waals surface area contributed by atoms with Gasteiger partial charge in [0.1, 0.15) is 11.3 Å². The summed E-state index contributed by atoms with van der Waals surface area (Å²) < 4.78 is 0.739. The second-order valence-corrected chi connectivity index (χ2v) is 5.59. The van der Waals surface area contributed by atoms with Crippen molar-refractivity contribution in [3.05, 3.63) is 64.1 Å². The number of carbonyl (C=O) groups excluding carboxylic acids is 2. The van der Waals surface area contributed by atoms with E-state index in [1.165, 1.54) is 17.2 Å². The molecule has 110 valence electrons. The first-order valence-corrected chi connectivity index (χ1v) is 7.26. The maximum Gasteiger partial charge on any atom is 0.282 e. The average molecular weight is 359 g/mol. The molecule has 2 N–H and O–H groups in total. The molecule has 1 saturated heterocycles. The predicted octanol–water partition coefficient (Wildman–Crippen LogP) is 2.62. The third kappa shape index (κ3) is 2.60. The number of halogens is 1. The lowest BCUT2D eigenvalue weighted by atomic mass is 10.1. The lowest BCUT2D eigenvalue weighted by Gasteiger charge is -2.13. The van der Waals surface area contributed by atoms with Gasteiger partial charge in [-0.25, -0.2) is 5.01 Å². The summed E-state index contributed by atoms with van der Waals surface area (Å²) in [6, 6.07) is 13.6. The molecule has 0 spiro atoms. The van der Waals surface area contributed by atoms with Crippen molar-refractivity contribution in [1.82, 2.24) is 5.43 Å². The Morgan fingerprint density at radius 3 is 2.55 bits per heavy atom. The molecule has 0 aromatic heterocycles. The highest BCUT2D eigenvalue weighted by atomic mass is 79.9. The van der Waals surface area contributed by atoms with Crippen LogP contribution in [-0.4, -0.2) is 16.9 Å². The zero-order valence-corrected chi connectivity index (χ0v) is 12.9. The molecule has 0 unspecified atom stereocenters. The second kappa shape index (κ2) is 5.65. The number of anilines is 1. The molecule has 2 aromatic rings. The van der Waals surface area contributed by atoms with Gasteiger partial charge in [-0.3, -0.25) is 15.0 Å². The lowest BCUT2D eigenvalue weighted by molar-refractivity contribution is -0.117. The molecule has 0 bridgehead atoms. The molecule has 1 aliphatic rings. The van der Waals surface area contributed by atoms with Crippen LogP contribution in [0, 0.1) is 0 Å². The number of amides is 2. The zero-order valence-electron chi connectivity index (χ0n) is 11.3. The highest BCUT2D eigenvalue weighted by Crippen LogP contribution is 2.26.